The van der Waals surface area contributed by atoms with E-state index in [0.717, 1.165) is 6.04 Å². The highest BCUT2D eigenvalue weighted by atomic mass is 28.3. The van der Waals surface area contributed by atoms with E-state index in [1.165, 1.54) is 10.9 Å². The van der Waals surface area contributed by atoms with E-state index in [-0.39, 0.29) is 23.9 Å². The number of nitrogens with two attached hydrogens (primary N) is 1. The van der Waals surface area contributed by atoms with Crippen molar-refractivity contribution in [3.05, 3.63) is 17.0 Å². The van der Waals surface area contributed by atoms with Gasteiger partial charge in [0.15, 0.2) is 5.82 Å². The van der Waals surface area contributed by atoms with E-state index in [9.17, 15) is 10.0 Å². The molecular weight excluding hydrogens is 294 g/mol. The Morgan fingerprint density at radius 1 is 1.62 bits per heavy atom. The lowest BCUT2D eigenvalue weighted by molar-refractivity contribution is 0.0787. The maximum Gasteiger partial charge on any atom is 0.410 e. The zero-order valence-corrected chi connectivity index (χ0v) is 13.3. The SMILES string of the molecule is C[Si](C)(C)CCOCn1cc(/C(N)=N\[O-])c(NC(=O)O)n1. The van der Waals surface area contributed by atoms with Gasteiger partial charge in [-0.3, -0.25) is 5.32 Å². The van der Waals surface area contributed by atoms with Gasteiger partial charge in [0.1, 0.15) is 12.6 Å². The summed E-state index contributed by atoms with van der Waals surface area (Å²) in [5.41, 5.74) is 5.54. The summed E-state index contributed by atoms with van der Waals surface area (Å²) in [6, 6.07) is 1.01. The normalized spacial score (nSPS) is 12.4. The first-order chi connectivity index (χ1) is 9.73. The standard InChI is InChI=1S/C11H21N5O4Si/c1-21(2,3)5-4-20-7-16-6-8(9(12)15-19)10(14-16)13-11(17)18/h6,19H,4-5,7H2,1-3H3,(H2,12,15)(H,13,14)(H,17,18)/p-1. The van der Waals surface area contributed by atoms with Crippen molar-refractivity contribution >= 4 is 25.8 Å². The topological polar surface area (TPSA) is 138 Å². The van der Waals surface area contributed by atoms with Crippen LogP contribution in [0.4, 0.5) is 10.6 Å². The number of carboxylic acid groups (broad SMARTS) is 1. The molecule has 1 aromatic rings. The number of amidine groups is 1. The van der Waals surface area contributed by atoms with Crippen LogP contribution in [0.3, 0.4) is 0 Å². The van der Waals surface area contributed by atoms with E-state index in [1.807, 2.05) is 0 Å². The third kappa shape index (κ3) is 5.83. The van der Waals surface area contributed by atoms with Gasteiger partial charge in [0.25, 0.3) is 0 Å². The van der Waals surface area contributed by atoms with Gasteiger partial charge in [-0.15, -0.1) is 0 Å². The molecule has 118 valence electrons. The van der Waals surface area contributed by atoms with Crippen LogP contribution in [-0.4, -0.2) is 41.5 Å². The van der Waals surface area contributed by atoms with Crippen LogP contribution in [0.2, 0.25) is 25.7 Å². The largest absolute Gasteiger partial charge is 0.790 e. The molecule has 0 saturated heterocycles. The maximum absolute atomic E-state index is 10.7. The van der Waals surface area contributed by atoms with Crippen LogP contribution in [0.15, 0.2) is 11.4 Å². The predicted octanol–water partition coefficient (Wildman–Crippen LogP) is 1.49. The summed E-state index contributed by atoms with van der Waals surface area (Å²) >= 11 is 0. The Labute approximate surface area is 123 Å². The molecule has 21 heavy (non-hydrogen) atoms. The van der Waals surface area contributed by atoms with Gasteiger partial charge in [0, 0.05) is 20.9 Å². The zero-order valence-electron chi connectivity index (χ0n) is 12.3. The van der Waals surface area contributed by atoms with Crippen molar-refractivity contribution < 1.29 is 14.6 Å². The Kier molecular flexibility index (Phi) is 5.73. The number of hydrogen-bond acceptors (Lipinski definition) is 5. The Morgan fingerprint density at radius 2 is 2.29 bits per heavy atom. The van der Waals surface area contributed by atoms with Crippen LogP contribution in [0.5, 0.6) is 0 Å². The number of anilines is 1. The van der Waals surface area contributed by atoms with Crippen molar-refractivity contribution in [2.45, 2.75) is 32.4 Å². The summed E-state index contributed by atoms with van der Waals surface area (Å²) in [7, 11) is -1.17. The van der Waals surface area contributed by atoms with Crippen molar-refractivity contribution in [3.63, 3.8) is 0 Å². The number of rotatable bonds is 7. The molecule has 0 bridgehead atoms. The molecule has 0 saturated carbocycles. The second kappa shape index (κ2) is 7.08. The maximum atomic E-state index is 10.7. The number of aromatic nitrogens is 2. The molecule has 0 aliphatic rings. The van der Waals surface area contributed by atoms with E-state index in [0.29, 0.717) is 6.61 Å². The molecule has 0 unspecified atom stereocenters. The zero-order chi connectivity index (χ0) is 16.0. The lowest BCUT2D eigenvalue weighted by Gasteiger charge is -2.15. The van der Waals surface area contributed by atoms with Crippen molar-refractivity contribution in [3.8, 4) is 0 Å². The summed E-state index contributed by atoms with van der Waals surface area (Å²) in [4.78, 5) is 10.7. The van der Waals surface area contributed by atoms with Crippen molar-refractivity contribution in [2.24, 2.45) is 10.9 Å². The number of nitrogens with one attached hydrogen (secondary N) is 1. The molecule has 0 atom stereocenters. The van der Waals surface area contributed by atoms with Crippen LogP contribution in [0, 0.1) is 5.21 Å². The molecule has 1 heterocycles. The highest BCUT2D eigenvalue weighted by molar-refractivity contribution is 6.76. The van der Waals surface area contributed by atoms with Crippen LogP contribution in [0.1, 0.15) is 5.56 Å². The molecule has 0 spiro atoms. The van der Waals surface area contributed by atoms with Crippen LogP contribution >= 0.6 is 0 Å². The Hall–Kier alpha value is -2.07. The van der Waals surface area contributed by atoms with Crippen LogP contribution in [0.25, 0.3) is 0 Å². The van der Waals surface area contributed by atoms with Gasteiger partial charge in [-0.25, -0.2) is 9.48 Å². The second-order valence-corrected chi connectivity index (χ2v) is 11.3. The molecule has 0 fully saturated rings. The molecule has 0 aromatic carbocycles. The molecule has 10 heteroatoms. The van der Waals surface area contributed by atoms with E-state index in [1.54, 1.807) is 0 Å². The number of amides is 1. The number of nitrogens with zero attached hydrogens (tertiary/aromatic N) is 3. The summed E-state index contributed by atoms with van der Waals surface area (Å²) in [5, 5.41) is 27.8. The van der Waals surface area contributed by atoms with Gasteiger partial charge in [0.2, 0.25) is 0 Å². The predicted molar refractivity (Wildman–Crippen MR) is 82.1 cm³/mol. The first-order valence-electron chi connectivity index (χ1n) is 6.34. The summed E-state index contributed by atoms with van der Waals surface area (Å²) in [6.07, 6.45) is 0.108. The number of carbonyl (C=O) groups is 1. The summed E-state index contributed by atoms with van der Waals surface area (Å²) < 4.78 is 6.85. The fourth-order valence-electron chi connectivity index (χ4n) is 1.45. The Morgan fingerprint density at radius 3 is 2.81 bits per heavy atom. The number of ether oxygens (including phenoxy) is 1. The minimum atomic E-state index is -1.31. The molecule has 9 nitrogen and oxygen atoms in total. The average Bonchev–Trinajstić information content (AvgIpc) is 2.75. The summed E-state index contributed by atoms with van der Waals surface area (Å²) in [5.74, 6) is -0.388. The fraction of sp³-hybridized carbons (Fsp3) is 0.545. The van der Waals surface area contributed by atoms with Gasteiger partial charge >= 0.3 is 6.09 Å². The molecule has 0 aliphatic heterocycles. The minimum Gasteiger partial charge on any atom is -0.790 e. The molecule has 4 N–H and O–H groups in total. The highest BCUT2D eigenvalue weighted by Crippen LogP contribution is 2.13. The smallest absolute Gasteiger partial charge is 0.410 e. The first kappa shape index (κ1) is 17.0. The van der Waals surface area contributed by atoms with Gasteiger partial charge in [-0.05, 0) is 6.04 Å². The molecule has 1 rings (SSSR count). The monoisotopic (exact) mass is 314 g/mol. The molecule has 1 aromatic heterocycles. The van der Waals surface area contributed by atoms with E-state index in [2.05, 4.69) is 35.2 Å². The van der Waals surface area contributed by atoms with E-state index < -0.39 is 14.2 Å². The van der Waals surface area contributed by atoms with Gasteiger partial charge in [-0.1, -0.05) is 19.6 Å². The highest BCUT2D eigenvalue weighted by Gasteiger charge is 2.15. The third-order valence-corrected chi connectivity index (χ3v) is 4.29. The van der Waals surface area contributed by atoms with E-state index >= 15 is 0 Å². The van der Waals surface area contributed by atoms with Crippen molar-refractivity contribution in [2.75, 3.05) is 11.9 Å². The molecule has 1 amide bonds. The fourth-order valence-corrected chi connectivity index (χ4v) is 2.21. The minimum absolute atomic E-state index is 0.0478. The summed E-state index contributed by atoms with van der Waals surface area (Å²) in [6.45, 7) is 7.46. The van der Waals surface area contributed by atoms with Gasteiger partial charge in [-0.2, -0.15) is 5.10 Å². The quantitative estimate of drug-likeness (QED) is 0.229. The molecule has 0 aliphatic carbocycles. The lowest BCUT2D eigenvalue weighted by atomic mass is 10.3. The molecular formula is C11H20N5O4Si-. The van der Waals surface area contributed by atoms with Crippen LogP contribution in [-0.2, 0) is 11.5 Å². The average molecular weight is 314 g/mol. The Bertz CT molecular complexity index is 523. The Balaban J connectivity index is 2.71. The molecule has 0 radical (unpaired) electrons. The third-order valence-electron chi connectivity index (χ3n) is 2.58. The van der Waals surface area contributed by atoms with Crippen molar-refractivity contribution in [1.29, 1.82) is 0 Å². The second-order valence-electron chi connectivity index (χ2n) is 5.69. The van der Waals surface area contributed by atoms with Crippen LogP contribution < -0.4 is 11.1 Å². The van der Waals surface area contributed by atoms with Gasteiger partial charge < -0.3 is 25.9 Å². The van der Waals surface area contributed by atoms with Gasteiger partial charge in [0.05, 0.1) is 5.56 Å². The number of hydrogen-bond donors (Lipinski definition) is 3. The van der Waals surface area contributed by atoms with Crippen molar-refractivity contribution in [1.82, 2.24) is 9.78 Å². The van der Waals surface area contributed by atoms with E-state index in [4.69, 9.17) is 15.6 Å². The first-order valence-corrected chi connectivity index (χ1v) is 10.0. The lowest BCUT2D eigenvalue weighted by Crippen LogP contribution is -2.22.